The van der Waals surface area contributed by atoms with Gasteiger partial charge in [0.05, 0.1) is 12.1 Å². The van der Waals surface area contributed by atoms with Crippen LogP contribution in [0.15, 0.2) is 36.9 Å². The molecule has 0 bridgehead atoms. The van der Waals surface area contributed by atoms with Crippen LogP contribution in [0, 0.1) is 0 Å². The van der Waals surface area contributed by atoms with Gasteiger partial charge in [-0.15, -0.1) is 15.3 Å². The van der Waals surface area contributed by atoms with Crippen LogP contribution >= 0.6 is 0 Å². The van der Waals surface area contributed by atoms with Gasteiger partial charge in [0.2, 0.25) is 0 Å². The van der Waals surface area contributed by atoms with E-state index in [-0.39, 0.29) is 0 Å². The van der Waals surface area contributed by atoms with Crippen molar-refractivity contribution >= 4 is 22.6 Å². The first kappa shape index (κ1) is 14.0. The summed E-state index contributed by atoms with van der Waals surface area (Å²) in [6.07, 6.45) is 0. The van der Waals surface area contributed by atoms with E-state index in [0.29, 0.717) is 23.9 Å². The van der Waals surface area contributed by atoms with Crippen molar-refractivity contribution in [3.8, 4) is 5.69 Å². The first-order valence-corrected chi connectivity index (χ1v) is 6.93. The van der Waals surface area contributed by atoms with Crippen molar-refractivity contribution in [2.24, 2.45) is 0 Å². The molecule has 2 heterocycles. The van der Waals surface area contributed by atoms with Crippen molar-refractivity contribution in [1.29, 1.82) is 0 Å². The van der Waals surface area contributed by atoms with Crippen molar-refractivity contribution in [3.05, 3.63) is 42.6 Å². The number of nitrogens with zero attached hydrogens (tertiary/aromatic N) is 5. The minimum Gasteiger partial charge on any atom is -0.492 e. The molecule has 2 aromatic heterocycles. The number of para-hydroxylation sites is 1. The summed E-state index contributed by atoms with van der Waals surface area (Å²) in [6.45, 7) is 6.28. The average molecular weight is 296 g/mol. The van der Waals surface area contributed by atoms with E-state index >= 15 is 0 Å². The topological polar surface area (TPSA) is 77.8 Å². The van der Waals surface area contributed by atoms with Gasteiger partial charge in [-0.3, -0.25) is 0 Å². The van der Waals surface area contributed by atoms with Crippen LogP contribution in [0.5, 0.6) is 0 Å². The number of hydrogen-bond acceptors (Lipinski definition) is 6. The van der Waals surface area contributed by atoms with Crippen LogP contribution in [0.1, 0.15) is 12.6 Å². The molecule has 112 valence electrons. The van der Waals surface area contributed by atoms with Gasteiger partial charge in [-0.1, -0.05) is 23.9 Å². The van der Waals surface area contributed by atoms with Crippen LogP contribution in [0.25, 0.3) is 22.5 Å². The van der Waals surface area contributed by atoms with E-state index in [2.05, 4.69) is 32.4 Å². The summed E-state index contributed by atoms with van der Waals surface area (Å²) in [5.41, 5.74) is 3.00. The van der Waals surface area contributed by atoms with Gasteiger partial charge in [-0.25, -0.2) is 4.68 Å². The van der Waals surface area contributed by atoms with Crippen LogP contribution in [-0.2, 0) is 4.74 Å². The molecule has 0 saturated heterocycles. The van der Waals surface area contributed by atoms with Gasteiger partial charge < -0.3 is 10.1 Å². The van der Waals surface area contributed by atoms with Crippen molar-refractivity contribution in [1.82, 2.24) is 25.2 Å². The maximum Gasteiger partial charge on any atom is 0.174 e. The van der Waals surface area contributed by atoms with Crippen molar-refractivity contribution in [3.63, 3.8) is 0 Å². The van der Waals surface area contributed by atoms with Gasteiger partial charge in [0, 0.05) is 7.05 Å². The molecule has 7 nitrogen and oxygen atoms in total. The third-order valence-electron chi connectivity index (χ3n) is 3.19. The van der Waals surface area contributed by atoms with E-state index in [9.17, 15) is 0 Å². The van der Waals surface area contributed by atoms with E-state index in [0.717, 1.165) is 16.7 Å². The number of ether oxygens (including phenoxy) is 1. The average Bonchev–Trinajstić information content (AvgIpc) is 2.98. The Labute approximate surface area is 127 Å². The predicted molar refractivity (Wildman–Crippen MR) is 84.7 cm³/mol. The molecule has 0 radical (unpaired) electrons. The van der Waals surface area contributed by atoms with E-state index in [1.54, 1.807) is 11.7 Å². The summed E-state index contributed by atoms with van der Waals surface area (Å²) in [5, 5.41) is 19.7. The van der Waals surface area contributed by atoms with Gasteiger partial charge in [-0.05, 0) is 25.1 Å². The molecule has 0 aliphatic rings. The predicted octanol–water partition coefficient (Wildman–Crippen LogP) is 2.26. The zero-order valence-electron chi connectivity index (χ0n) is 12.4. The summed E-state index contributed by atoms with van der Waals surface area (Å²) in [4.78, 5) is 0. The molecule has 0 spiro atoms. The van der Waals surface area contributed by atoms with Crippen LogP contribution in [0.4, 0.5) is 5.82 Å². The van der Waals surface area contributed by atoms with Crippen LogP contribution in [-0.4, -0.2) is 38.8 Å². The van der Waals surface area contributed by atoms with Gasteiger partial charge >= 0.3 is 0 Å². The van der Waals surface area contributed by atoms with Gasteiger partial charge in [0.25, 0.3) is 0 Å². The van der Waals surface area contributed by atoms with E-state index in [4.69, 9.17) is 4.74 Å². The van der Waals surface area contributed by atoms with Crippen LogP contribution in [0.3, 0.4) is 0 Å². The SMILES string of the molecule is C=C(OCC)c1cc(-n2nnc3ccccc32)c(NC)nn1. The number of rotatable bonds is 5. The molecule has 3 aromatic rings. The zero-order chi connectivity index (χ0) is 15.5. The molecule has 1 N–H and O–H groups in total. The summed E-state index contributed by atoms with van der Waals surface area (Å²) in [6, 6.07) is 9.56. The molecule has 22 heavy (non-hydrogen) atoms. The number of aromatic nitrogens is 5. The van der Waals surface area contributed by atoms with Crippen LogP contribution < -0.4 is 5.32 Å². The fraction of sp³-hybridized carbons (Fsp3) is 0.200. The summed E-state index contributed by atoms with van der Waals surface area (Å²) >= 11 is 0. The lowest BCUT2D eigenvalue weighted by atomic mass is 10.2. The summed E-state index contributed by atoms with van der Waals surface area (Å²) in [7, 11) is 1.78. The number of anilines is 1. The number of nitrogens with one attached hydrogen (secondary N) is 1. The van der Waals surface area contributed by atoms with Gasteiger partial charge in [-0.2, -0.15) is 0 Å². The molecular weight excluding hydrogens is 280 g/mol. The number of benzene rings is 1. The Bertz CT molecular complexity index is 826. The molecule has 7 heteroatoms. The second-order valence-electron chi connectivity index (χ2n) is 4.56. The maximum atomic E-state index is 5.40. The van der Waals surface area contributed by atoms with Crippen molar-refractivity contribution in [2.45, 2.75) is 6.92 Å². The van der Waals surface area contributed by atoms with Gasteiger partial charge in [0.15, 0.2) is 5.82 Å². The largest absolute Gasteiger partial charge is 0.492 e. The first-order valence-electron chi connectivity index (χ1n) is 6.93. The lowest BCUT2D eigenvalue weighted by molar-refractivity contribution is 0.297. The summed E-state index contributed by atoms with van der Waals surface area (Å²) < 4.78 is 7.12. The lowest BCUT2D eigenvalue weighted by Gasteiger charge is -2.11. The molecule has 0 atom stereocenters. The zero-order valence-corrected chi connectivity index (χ0v) is 12.4. The minimum absolute atomic E-state index is 0.475. The molecule has 1 aromatic carbocycles. The molecule has 3 rings (SSSR count). The Morgan fingerprint density at radius 2 is 2.09 bits per heavy atom. The van der Waals surface area contributed by atoms with E-state index in [1.165, 1.54) is 0 Å². The highest BCUT2D eigenvalue weighted by Crippen LogP contribution is 2.23. The lowest BCUT2D eigenvalue weighted by Crippen LogP contribution is -2.07. The monoisotopic (exact) mass is 296 g/mol. The number of fused-ring (bicyclic) bond motifs is 1. The molecule has 0 amide bonds. The number of hydrogen-bond donors (Lipinski definition) is 1. The van der Waals surface area contributed by atoms with E-state index < -0.39 is 0 Å². The Morgan fingerprint density at radius 3 is 2.86 bits per heavy atom. The summed E-state index contributed by atoms with van der Waals surface area (Å²) in [5.74, 6) is 1.08. The quantitative estimate of drug-likeness (QED) is 0.728. The minimum atomic E-state index is 0.475. The second-order valence-corrected chi connectivity index (χ2v) is 4.56. The molecule has 0 fully saturated rings. The Hall–Kier alpha value is -2.96. The Morgan fingerprint density at radius 1 is 1.27 bits per heavy atom. The third kappa shape index (κ3) is 2.37. The highest BCUT2D eigenvalue weighted by atomic mass is 16.5. The second kappa shape index (κ2) is 5.80. The Kier molecular flexibility index (Phi) is 3.69. The molecule has 0 aliphatic heterocycles. The highest BCUT2D eigenvalue weighted by Gasteiger charge is 2.14. The fourth-order valence-corrected chi connectivity index (χ4v) is 2.15. The molecular formula is C15H16N6O. The molecule has 0 aliphatic carbocycles. The molecule has 0 saturated carbocycles. The third-order valence-corrected chi connectivity index (χ3v) is 3.19. The first-order chi connectivity index (χ1) is 10.7. The van der Waals surface area contributed by atoms with Gasteiger partial charge in [0.1, 0.15) is 22.7 Å². The standard InChI is InChI=1S/C15H16N6O/c1-4-22-10(2)12-9-14(15(16-3)19-17-12)21-13-8-6-5-7-11(13)18-20-21/h5-9H,2,4H2,1,3H3,(H,16,19). The normalized spacial score (nSPS) is 10.6. The van der Waals surface area contributed by atoms with Crippen molar-refractivity contribution in [2.75, 3.05) is 19.0 Å². The highest BCUT2D eigenvalue weighted by molar-refractivity contribution is 5.77. The fourth-order valence-electron chi connectivity index (χ4n) is 2.15. The maximum absolute atomic E-state index is 5.40. The Balaban J connectivity index is 2.15. The van der Waals surface area contributed by atoms with Crippen LogP contribution in [0.2, 0.25) is 0 Å². The molecule has 0 unspecified atom stereocenters. The smallest absolute Gasteiger partial charge is 0.174 e. The van der Waals surface area contributed by atoms with E-state index in [1.807, 2.05) is 37.3 Å². The van der Waals surface area contributed by atoms with Crippen molar-refractivity contribution < 1.29 is 4.74 Å².